The van der Waals surface area contributed by atoms with E-state index in [0.29, 0.717) is 17.3 Å². The minimum atomic E-state index is -0.374. The van der Waals surface area contributed by atoms with Crippen LogP contribution in [0.25, 0.3) is 0 Å². The standard InChI is InChI=1S/C21H22FN3O/c1-25-11-10-23-19(25)18(13-2-5-15(22)6-3-13)24-20(26)16-12-14-4-7-17(16)21(14)8-9-21/h2-7,10-11,14,16-18H,8-9,12H2,1H3,(H,24,26)/t14-,16+,17-,18-/m1/s1. The molecule has 0 aliphatic heterocycles. The molecule has 5 rings (SSSR count). The maximum atomic E-state index is 13.4. The van der Waals surface area contributed by atoms with Gasteiger partial charge in [-0.05, 0) is 54.2 Å². The van der Waals surface area contributed by atoms with Gasteiger partial charge in [0.05, 0.1) is 0 Å². The summed E-state index contributed by atoms with van der Waals surface area (Å²) < 4.78 is 15.3. The van der Waals surface area contributed by atoms with Crippen molar-refractivity contribution in [1.29, 1.82) is 0 Å². The highest BCUT2D eigenvalue weighted by molar-refractivity contribution is 5.81. The Hall–Kier alpha value is -2.43. The molecule has 134 valence electrons. The lowest BCUT2D eigenvalue weighted by Crippen LogP contribution is -2.37. The molecule has 1 spiro atoms. The summed E-state index contributed by atoms with van der Waals surface area (Å²) in [6, 6.07) is 5.92. The van der Waals surface area contributed by atoms with Crippen LogP contribution >= 0.6 is 0 Å². The number of nitrogens with zero attached hydrogens (tertiary/aromatic N) is 2. The molecule has 5 heteroatoms. The van der Waals surface area contributed by atoms with Crippen LogP contribution in [0.3, 0.4) is 0 Å². The average molecular weight is 351 g/mol. The topological polar surface area (TPSA) is 46.9 Å². The quantitative estimate of drug-likeness (QED) is 0.859. The van der Waals surface area contributed by atoms with Gasteiger partial charge in [0.2, 0.25) is 5.91 Å². The molecule has 0 saturated heterocycles. The predicted octanol–water partition coefficient (Wildman–Crippen LogP) is 3.37. The van der Waals surface area contributed by atoms with Crippen molar-refractivity contribution in [3.8, 4) is 0 Å². The second-order valence-corrected chi connectivity index (χ2v) is 7.98. The summed E-state index contributed by atoms with van der Waals surface area (Å²) in [5.41, 5.74) is 1.23. The fourth-order valence-corrected chi connectivity index (χ4v) is 5.13. The van der Waals surface area contributed by atoms with E-state index in [0.717, 1.165) is 17.8 Å². The number of allylic oxidation sites excluding steroid dienone is 2. The van der Waals surface area contributed by atoms with Crippen LogP contribution in [0.1, 0.15) is 36.7 Å². The van der Waals surface area contributed by atoms with E-state index in [2.05, 4.69) is 22.5 Å². The Labute approximate surface area is 152 Å². The van der Waals surface area contributed by atoms with Crippen molar-refractivity contribution in [2.75, 3.05) is 0 Å². The Bertz CT molecular complexity index is 881. The molecular formula is C21H22FN3O. The first-order chi connectivity index (χ1) is 12.6. The van der Waals surface area contributed by atoms with E-state index in [4.69, 9.17) is 0 Å². The van der Waals surface area contributed by atoms with Gasteiger partial charge in [0.15, 0.2) is 0 Å². The highest BCUT2D eigenvalue weighted by Crippen LogP contribution is 2.70. The van der Waals surface area contributed by atoms with Crippen molar-refractivity contribution in [3.63, 3.8) is 0 Å². The molecular weight excluding hydrogens is 329 g/mol. The number of hydrogen-bond donors (Lipinski definition) is 1. The Morgan fingerprint density at radius 2 is 2.08 bits per heavy atom. The molecule has 1 N–H and O–H groups in total. The van der Waals surface area contributed by atoms with E-state index in [9.17, 15) is 9.18 Å². The predicted molar refractivity (Wildman–Crippen MR) is 95.5 cm³/mol. The zero-order chi connectivity index (χ0) is 17.9. The highest BCUT2D eigenvalue weighted by atomic mass is 19.1. The SMILES string of the molecule is Cn1ccnc1[C@H](NC(=O)[C@H]1C[C@H]2C=C[C@H]1C21CC1)c1ccc(F)cc1. The second kappa shape index (κ2) is 5.53. The van der Waals surface area contributed by atoms with Crippen LogP contribution in [0.5, 0.6) is 0 Å². The monoisotopic (exact) mass is 351 g/mol. The average Bonchev–Trinajstić information content (AvgIpc) is 3.11. The summed E-state index contributed by atoms with van der Waals surface area (Å²) in [5.74, 6) is 1.54. The van der Waals surface area contributed by atoms with E-state index in [-0.39, 0.29) is 23.7 Å². The lowest BCUT2D eigenvalue weighted by atomic mass is 9.88. The number of amides is 1. The number of rotatable bonds is 4. The lowest BCUT2D eigenvalue weighted by molar-refractivity contribution is -0.126. The molecule has 4 nitrogen and oxygen atoms in total. The number of nitrogens with one attached hydrogen (secondary N) is 1. The van der Waals surface area contributed by atoms with Crippen molar-refractivity contribution in [3.05, 3.63) is 66.0 Å². The van der Waals surface area contributed by atoms with E-state index in [1.165, 1.54) is 25.0 Å². The Morgan fingerprint density at radius 1 is 1.31 bits per heavy atom. The maximum absolute atomic E-state index is 13.4. The molecule has 2 saturated carbocycles. The van der Waals surface area contributed by atoms with Gasteiger partial charge >= 0.3 is 0 Å². The third-order valence-corrected chi connectivity index (χ3v) is 6.67. The summed E-state index contributed by atoms with van der Waals surface area (Å²) in [6.45, 7) is 0. The van der Waals surface area contributed by atoms with E-state index in [1.807, 2.05) is 17.8 Å². The van der Waals surface area contributed by atoms with Gasteiger partial charge in [0.25, 0.3) is 0 Å². The minimum Gasteiger partial charge on any atom is -0.342 e. The van der Waals surface area contributed by atoms with E-state index < -0.39 is 0 Å². The molecule has 3 aliphatic rings. The van der Waals surface area contributed by atoms with E-state index >= 15 is 0 Å². The molecule has 3 aliphatic carbocycles. The van der Waals surface area contributed by atoms with Crippen molar-refractivity contribution >= 4 is 5.91 Å². The van der Waals surface area contributed by atoms with Crippen LogP contribution in [0.15, 0.2) is 48.8 Å². The molecule has 4 atom stereocenters. The molecule has 1 amide bonds. The second-order valence-electron chi connectivity index (χ2n) is 7.98. The summed E-state index contributed by atoms with van der Waals surface area (Å²) in [5, 5.41) is 3.21. The van der Waals surface area contributed by atoms with Crippen LogP contribution < -0.4 is 5.32 Å². The smallest absolute Gasteiger partial charge is 0.224 e. The zero-order valence-corrected chi connectivity index (χ0v) is 14.7. The Kier molecular flexibility index (Phi) is 3.36. The first-order valence-corrected chi connectivity index (χ1v) is 9.30. The van der Waals surface area contributed by atoms with Gasteiger partial charge in [0.1, 0.15) is 17.7 Å². The highest BCUT2D eigenvalue weighted by Gasteiger charge is 2.64. The normalized spacial score (nSPS) is 28.5. The maximum Gasteiger partial charge on any atom is 0.224 e. The van der Waals surface area contributed by atoms with Crippen molar-refractivity contribution < 1.29 is 9.18 Å². The lowest BCUT2D eigenvalue weighted by Gasteiger charge is -2.24. The number of benzene rings is 1. The van der Waals surface area contributed by atoms with Crippen molar-refractivity contribution in [2.45, 2.75) is 25.3 Å². The van der Waals surface area contributed by atoms with Gasteiger partial charge in [0, 0.05) is 25.4 Å². The zero-order valence-electron chi connectivity index (χ0n) is 14.7. The van der Waals surface area contributed by atoms with E-state index in [1.54, 1.807) is 18.3 Å². The molecule has 0 unspecified atom stereocenters. The van der Waals surface area contributed by atoms with Gasteiger partial charge in [-0.1, -0.05) is 24.3 Å². The number of halogens is 1. The summed E-state index contributed by atoms with van der Waals surface area (Å²) in [7, 11) is 1.91. The first-order valence-electron chi connectivity index (χ1n) is 9.30. The Morgan fingerprint density at radius 3 is 2.69 bits per heavy atom. The van der Waals surface area contributed by atoms with Gasteiger partial charge in [-0.3, -0.25) is 4.79 Å². The van der Waals surface area contributed by atoms with Gasteiger partial charge in [-0.2, -0.15) is 0 Å². The number of carbonyl (C=O) groups is 1. The molecule has 1 aromatic heterocycles. The largest absolute Gasteiger partial charge is 0.342 e. The molecule has 0 radical (unpaired) electrons. The molecule has 2 aromatic rings. The van der Waals surface area contributed by atoms with Crippen LogP contribution in [0.4, 0.5) is 4.39 Å². The summed E-state index contributed by atoms with van der Waals surface area (Å²) in [4.78, 5) is 17.6. The molecule has 2 bridgehead atoms. The van der Waals surface area contributed by atoms with Crippen LogP contribution in [0, 0.1) is 29.0 Å². The van der Waals surface area contributed by atoms with Crippen LogP contribution in [0.2, 0.25) is 0 Å². The molecule has 1 heterocycles. The van der Waals surface area contributed by atoms with Crippen LogP contribution in [-0.2, 0) is 11.8 Å². The molecule has 1 aromatic carbocycles. The third-order valence-electron chi connectivity index (χ3n) is 6.67. The Balaban J connectivity index is 1.43. The van der Waals surface area contributed by atoms with Gasteiger partial charge in [-0.25, -0.2) is 9.37 Å². The minimum absolute atomic E-state index is 0.0377. The van der Waals surface area contributed by atoms with Gasteiger partial charge in [-0.15, -0.1) is 0 Å². The first kappa shape index (κ1) is 15.8. The van der Waals surface area contributed by atoms with Gasteiger partial charge < -0.3 is 9.88 Å². The molecule has 26 heavy (non-hydrogen) atoms. The fraction of sp³-hybridized carbons (Fsp3) is 0.429. The number of imidazole rings is 1. The fourth-order valence-electron chi connectivity index (χ4n) is 5.13. The number of aryl methyl sites for hydroxylation is 1. The van der Waals surface area contributed by atoms with Crippen molar-refractivity contribution in [1.82, 2.24) is 14.9 Å². The molecule has 2 fully saturated rings. The van der Waals surface area contributed by atoms with Crippen LogP contribution in [-0.4, -0.2) is 15.5 Å². The van der Waals surface area contributed by atoms with Crippen molar-refractivity contribution in [2.24, 2.45) is 30.2 Å². The third kappa shape index (κ3) is 2.26. The number of carbonyl (C=O) groups excluding carboxylic acids is 1. The summed E-state index contributed by atoms with van der Waals surface area (Å²) in [6.07, 6.45) is 11.6. The summed E-state index contributed by atoms with van der Waals surface area (Å²) >= 11 is 0. The number of aromatic nitrogens is 2. The number of hydrogen-bond acceptors (Lipinski definition) is 2.